The second-order valence-electron chi connectivity index (χ2n) is 5.62. The molecule has 0 bridgehead atoms. The highest BCUT2D eigenvalue weighted by molar-refractivity contribution is 6.02. The molecule has 1 aliphatic heterocycles. The number of anilines is 1. The van der Waals surface area contributed by atoms with Gasteiger partial charge in [-0.05, 0) is 31.5 Å². The first-order valence-corrected chi connectivity index (χ1v) is 7.31. The van der Waals surface area contributed by atoms with Crippen molar-refractivity contribution in [1.82, 2.24) is 0 Å². The third-order valence-corrected chi connectivity index (χ3v) is 3.88. The van der Waals surface area contributed by atoms with Crippen molar-refractivity contribution in [1.29, 1.82) is 0 Å². The van der Waals surface area contributed by atoms with Crippen molar-refractivity contribution in [2.75, 3.05) is 4.90 Å². The average Bonchev–Trinajstić information content (AvgIpc) is 2.49. The Morgan fingerprint density at radius 3 is 2.33 bits per heavy atom. The average molecular weight is 277 g/mol. The van der Waals surface area contributed by atoms with Crippen LogP contribution in [0.5, 0.6) is 0 Å². The number of hydrogen-bond acceptors (Lipinski definition) is 2. The van der Waals surface area contributed by atoms with Crippen molar-refractivity contribution in [2.24, 2.45) is 0 Å². The first kappa shape index (κ1) is 13.6. The van der Waals surface area contributed by atoms with Gasteiger partial charge in [0, 0.05) is 24.2 Å². The normalized spacial score (nSPS) is 18.6. The molecule has 1 atom stereocenters. The molecular weight excluding hydrogens is 258 g/mol. The van der Waals surface area contributed by atoms with Gasteiger partial charge in [0.25, 0.3) is 0 Å². The number of ketones is 1. The number of rotatable bonds is 2. The Hall–Kier alpha value is -2.35. The third kappa shape index (κ3) is 2.75. The number of carbonyl (C=O) groups is 1. The maximum absolute atomic E-state index is 12.0. The summed E-state index contributed by atoms with van der Waals surface area (Å²) in [6.45, 7) is 4.19. The third-order valence-electron chi connectivity index (χ3n) is 3.88. The van der Waals surface area contributed by atoms with Gasteiger partial charge in [-0.25, -0.2) is 0 Å². The highest BCUT2D eigenvalue weighted by atomic mass is 16.1. The predicted octanol–water partition coefficient (Wildman–Crippen LogP) is 4.20. The lowest BCUT2D eigenvalue weighted by molar-refractivity contribution is -0.115. The maximum Gasteiger partial charge on any atom is 0.159 e. The zero-order valence-electron chi connectivity index (χ0n) is 12.4. The molecular formula is C19H19NO. The van der Waals surface area contributed by atoms with E-state index in [4.69, 9.17) is 0 Å². The van der Waals surface area contributed by atoms with E-state index in [1.807, 2.05) is 18.2 Å². The van der Waals surface area contributed by atoms with Gasteiger partial charge in [0.1, 0.15) is 0 Å². The second-order valence-corrected chi connectivity index (χ2v) is 5.62. The summed E-state index contributed by atoms with van der Waals surface area (Å²) in [7, 11) is 0. The lowest BCUT2D eigenvalue weighted by Crippen LogP contribution is -2.37. The van der Waals surface area contributed by atoms with E-state index in [9.17, 15) is 4.79 Å². The molecule has 106 valence electrons. The SMILES string of the molecule is Cc1ccc(N2C(c3ccccc3)=CC(=O)CC2C)cc1. The number of carbonyl (C=O) groups excluding carboxylic acids is 1. The molecule has 1 heterocycles. The van der Waals surface area contributed by atoms with E-state index in [-0.39, 0.29) is 11.8 Å². The van der Waals surface area contributed by atoms with Gasteiger partial charge in [0.05, 0.1) is 5.70 Å². The first-order valence-electron chi connectivity index (χ1n) is 7.31. The number of hydrogen-bond donors (Lipinski definition) is 0. The van der Waals surface area contributed by atoms with E-state index in [1.165, 1.54) is 5.56 Å². The molecule has 0 aromatic heterocycles. The van der Waals surface area contributed by atoms with Crippen molar-refractivity contribution < 1.29 is 4.79 Å². The van der Waals surface area contributed by atoms with Crippen molar-refractivity contribution in [3.05, 3.63) is 71.8 Å². The Morgan fingerprint density at radius 2 is 1.67 bits per heavy atom. The highest BCUT2D eigenvalue weighted by Crippen LogP contribution is 2.32. The fraction of sp³-hybridized carbons (Fsp3) is 0.211. The molecule has 0 spiro atoms. The van der Waals surface area contributed by atoms with E-state index in [1.54, 1.807) is 6.08 Å². The molecule has 2 aromatic rings. The molecule has 21 heavy (non-hydrogen) atoms. The summed E-state index contributed by atoms with van der Waals surface area (Å²) in [6.07, 6.45) is 2.33. The minimum absolute atomic E-state index is 0.167. The van der Waals surface area contributed by atoms with Crippen LogP contribution in [0.3, 0.4) is 0 Å². The lowest BCUT2D eigenvalue weighted by atomic mass is 9.98. The molecule has 0 N–H and O–H groups in total. The van der Waals surface area contributed by atoms with E-state index >= 15 is 0 Å². The van der Waals surface area contributed by atoms with Gasteiger partial charge in [-0.15, -0.1) is 0 Å². The van der Waals surface area contributed by atoms with Gasteiger partial charge in [0.2, 0.25) is 0 Å². The Bertz CT molecular complexity index is 670. The van der Waals surface area contributed by atoms with Crippen LogP contribution >= 0.6 is 0 Å². The monoisotopic (exact) mass is 277 g/mol. The molecule has 0 saturated heterocycles. The largest absolute Gasteiger partial charge is 0.338 e. The lowest BCUT2D eigenvalue weighted by Gasteiger charge is -2.36. The molecule has 2 heteroatoms. The van der Waals surface area contributed by atoms with Gasteiger partial charge in [0.15, 0.2) is 5.78 Å². The quantitative estimate of drug-likeness (QED) is 0.819. The number of aryl methyl sites for hydroxylation is 1. The van der Waals surface area contributed by atoms with Gasteiger partial charge >= 0.3 is 0 Å². The summed E-state index contributed by atoms with van der Waals surface area (Å²) in [4.78, 5) is 14.2. The molecule has 0 fully saturated rings. The molecule has 1 unspecified atom stereocenters. The Balaban J connectivity index is 2.08. The predicted molar refractivity (Wildman–Crippen MR) is 87.2 cm³/mol. The minimum Gasteiger partial charge on any atom is -0.338 e. The topological polar surface area (TPSA) is 20.3 Å². The Morgan fingerprint density at radius 1 is 1.00 bits per heavy atom. The zero-order chi connectivity index (χ0) is 14.8. The molecule has 1 aliphatic rings. The van der Waals surface area contributed by atoms with Crippen LogP contribution in [0, 0.1) is 6.92 Å². The van der Waals surface area contributed by atoms with E-state index < -0.39 is 0 Å². The highest BCUT2D eigenvalue weighted by Gasteiger charge is 2.26. The van der Waals surface area contributed by atoms with Crippen LogP contribution in [0.4, 0.5) is 5.69 Å². The van der Waals surface area contributed by atoms with Gasteiger partial charge in [-0.3, -0.25) is 4.79 Å². The van der Waals surface area contributed by atoms with Crippen molar-refractivity contribution in [2.45, 2.75) is 26.3 Å². The molecule has 2 nitrogen and oxygen atoms in total. The Kier molecular flexibility index (Phi) is 3.61. The molecule has 0 amide bonds. The fourth-order valence-corrected chi connectivity index (χ4v) is 2.83. The Labute approximate surface area is 125 Å². The first-order chi connectivity index (χ1) is 10.1. The van der Waals surface area contributed by atoms with Crippen LogP contribution in [0.15, 0.2) is 60.7 Å². The summed E-state index contributed by atoms with van der Waals surface area (Å²) in [5.41, 5.74) is 4.45. The number of allylic oxidation sites excluding steroid dienone is 1. The van der Waals surface area contributed by atoms with Crippen LogP contribution < -0.4 is 4.90 Å². The molecule has 0 aliphatic carbocycles. The van der Waals surface area contributed by atoms with Crippen LogP contribution in [0.1, 0.15) is 24.5 Å². The van der Waals surface area contributed by atoms with Crippen molar-refractivity contribution in [3.63, 3.8) is 0 Å². The van der Waals surface area contributed by atoms with E-state index in [2.05, 4.69) is 55.1 Å². The van der Waals surface area contributed by atoms with Crippen molar-refractivity contribution >= 4 is 17.2 Å². The molecule has 3 rings (SSSR count). The van der Waals surface area contributed by atoms with Gasteiger partial charge in [-0.1, -0.05) is 48.0 Å². The maximum atomic E-state index is 12.0. The summed E-state index contributed by atoms with van der Waals surface area (Å²) in [6, 6.07) is 18.8. The van der Waals surface area contributed by atoms with E-state index in [0.717, 1.165) is 16.9 Å². The van der Waals surface area contributed by atoms with Crippen LogP contribution in [-0.4, -0.2) is 11.8 Å². The van der Waals surface area contributed by atoms with Crippen LogP contribution in [0.2, 0.25) is 0 Å². The van der Waals surface area contributed by atoms with Gasteiger partial charge < -0.3 is 4.90 Å². The van der Waals surface area contributed by atoms with E-state index in [0.29, 0.717) is 6.42 Å². The molecule has 0 radical (unpaired) electrons. The zero-order valence-corrected chi connectivity index (χ0v) is 12.4. The smallest absolute Gasteiger partial charge is 0.159 e. The fourth-order valence-electron chi connectivity index (χ4n) is 2.83. The summed E-state index contributed by atoms with van der Waals surface area (Å²) in [5, 5.41) is 0. The van der Waals surface area contributed by atoms with Gasteiger partial charge in [-0.2, -0.15) is 0 Å². The summed E-state index contributed by atoms with van der Waals surface area (Å²) >= 11 is 0. The standard InChI is InChI=1S/C19H19NO/c1-14-8-10-17(11-9-14)20-15(2)12-18(21)13-19(20)16-6-4-3-5-7-16/h3-11,13,15H,12H2,1-2H3. The van der Waals surface area contributed by atoms with Crippen LogP contribution in [-0.2, 0) is 4.79 Å². The minimum atomic E-state index is 0.167. The van der Waals surface area contributed by atoms with Crippen LogP contribution in [0.25, 0.3) is 5.70 Å². The molecule has 2 aromatic carbocycles. The number of benzene rings is 2. The number of nitrogens with zero attached hydrogens (tertiary/aromatic N) is 1. The molecule has 0 saturated carbocycles. The summed E-state index contributed by atoms with van der Waals surface area (Å²) in [5.74, 6) is 0.199. The summed E-state index contributed by atoms with van der Waals surface area (Å²) < 4.78 is 0. The van der Waals surface area contributed by atoms with Crippen molar-refractivity contribution in [3.8, 4) is 0 Å². The second kappa shape index (κ2) is 5.57.